The quantitative estimate of drug-likeness (QED) is 0.240. The maximum atomic E-state index is 12.7. The summed E-state index contributed by atoms with van der Waals surface area (Å²) in [7, 11) is 0. The zero-order valence-corrected chi connectivity index (χ0v) is 18.5. The third-order valence-electron chi connectivity index (χ3n) is 3.77. The minimum Gasteiger partial charge on any atom is -0.454 e. The van der Waals surface area contributed by atoms with Crippen molar-refractivity contribution >= 4 is 41.5 Å². The minimum absolute atomic E-state index is 0. The number of benzene rings is 1. The maximum absolute atomic E-state index is 12.7. The van der Waals surface area contributed by atoms with Crippen LogP contribution in [0, 0.1) is 0 Å². The van der Waals surface area contributed by atoms with Crippen molar-refractivity contribution in [2.24, 2.45) is 4.99 Å². The highest BCUT2D eigenvalue weighted by molar-refractivity contribution is 14.0. The van der Waals surface area contributed by atoms with Crippen molar-refractivity contribution in [3.63, 3.8) is 0 Å². The fraction of sp³-hybridized carbons (Fsp3) is 0.333. The molecule has 0 saturated heterocycles. The van der Waals surface area contributed by atoms with Gasteiger partial charge in [0, 0.05) is 30.9 Å². The SMILES string of the molecule is CCNC(=NCc1ccc(Cl)nc1)NCc1cc2c(cc1OC(F)F)OCO2.I. The molecule has 0 saturated carbocycles. The molecule has 1 aliphatic rings. The summed E-state index contributed by atoms with van der Waals surface area (Å²) >= 11 is 5.78. The van der Waals surface area contributed by atoms with Crippen LogP contribution in [0.2, 0.25) is 5.15 Å². The second-order valence-electron chi connectivity index (χ2n) is 5.73. The molecule has 3 rings (SSSR count). The third-order valence-corrected chi connectivity index (χ3v) is 3.99. The van der Waals surface area contributed by atoms with E-state index in [9.17, 15) is 8.78 Å². The highest BCUT2D eigenvalue weighted by Gasteiger charge is 2.20. The van der Waals surface area contributed by atoms with Crippen molar-refractivity contribution in [3.05, 3.63) is 46.7 Å². The first kappa shape index (κ1) is 23.2. The summed E-state index contributed by atoms with van der Waals surface area (Å²) in [4.78, 5) is 8.47. The van der Waals surface area contributed by atoms with Gasteiger partial charge in [0.15, 0.2) is 17.5 Å². The average molecular weight is 541 g/mol. The van der Waals surface area contributed by atoms with E-state index in [2.05, 4.69) is 25.3 Å². The Kier molecular flexibility index (Phi) is 8.96. The normalized spacial score (nSPS) is 12.5. The lowest BCUT2D eigenvalue weighted by atomic mass is 10.1. The maximum Gasteiger partial charge on any atom is 0.387 e. The number of nitrogens with zero attached hydrogens (tertiary/aromatic N) is 2. The number of aliphatic imine (C=N–C) groups is 1. The van der Waals surface area contributed by atoms with Crippen molar-refractivity contribution < 1.29 is 23.0 Å². The van der Waals surface area contributed by atoms with Crippen LogP contribution in [0.25, 0.3) is 0 Å². The lowest BCUT2D eigenvalue weighted by molar-refractivity contribution is -0.0505. The van der Waals surface area contributed by atoms with Crippen LogP contribution in [0.5, 0.6) is 17.2 Å². The average Bonchev–Trinajstić information content (AvgIpc) is 3.12. The van der Waals surface area contributed by atoms with Crippen molar-refractivity contribution in [2.45, 2.75) is 26.6 Å². The van der Waals surface area contributed by atoms with Crippen LogP contribution >= 0.6 is 35.6 Å². The topological polar surface area (TPSA) is 77.0 Å². The number of nitrogens with one attached hydrogen (secondary N) is 2. The van der Waals surface area contributed by atoms with Crippen LogP contribution in [-0.2, 0) is 13.1 Å². The number of fused-ring (bicyclic) bond motifs is 1. The molecule has 2 N–H and O–H groups in total. The molecule has 2 heterocycles. The number of aromatic nitrogens is 1. The Hall–Kier alpha value is -2.08. The smallest absolute Gasteiger partial charge is 0.387 e. The molecule has 0 amide bonds. The van der Waals surface area contributed by atoms with E-state index in [1.807, 2.05) is 13.0 Å². The fourth-order valence-electron chi connectivity index (χ4n) is 2.50. The van der Waals surface area contributed by atoms with E-state index >= 15 is 0 Å². The molecule has 1 aromatic heterocycles. The molecular formula is C18H20ClF2IN4O3. The predicted molar refractivity (Wildman–Crippen MR) is 116 cm³/mol. The van der Waals surface area contributed by atoms with Gasteiger partial charge < -0.3 is 24.8 Å². The van der Waals surface area contributed by atoms with E-state index in [0.29, 0.717) is 41.3 Å². The van der Waals surface area contributed by atoms with E-state index in [0.717, 1.165) is 5.56 Å². The molecule has 0 fully saturated rings. The van der Waals surface area contributed by atoms with Crippen LogP contribution in [0.1, 0.15) is 18.1 Å². The molecule has 29 heavy (non-hydrogen) atoms. The second kappa shape index (κ2) is 11.2. The first-order chi connectivity index (χ1) is 13.5. The number of ether oxygens (including phenoxy) is 3. The number of guanidine groups is 1. The predicted octanol–water partition coefficient (Wildman–Crippen LogP) is 3.94. The third kappa shape index (κ3) is 6.74. The Morgan fingerprint density at radius 3 is 2.69 bits per heavy atom. The van der Waals surface area contributed by atoms with Gasteiger partial charge in [0.25, 0.3) is 0 Å². The summed E-state index contributed by atoms with van der Waals surface area (Å²) in [6.07, 6.45) is 1.64. The van der Waals surface area contributed by atoms with Gasteiger partial charge in [-0.2, -0.15) is 8.78 Å². The molecule has 1 aliphatic heterocycles. The van der Waals surface area contributed by atoms with Crippen molar-refractivity contribution in [2.75, 3.05) is 13.3 Å². The van der Waals surface area contributed by atoms with Crippen LogP contribution in [0.3, 0.4) is 0 Å². The lowest BCUT2D eigenvalue weighted by Gasteiger charge is -2.15. The summed E-state index contributed by atoms with van der Waals surface area (Å²) in [5, 5.41) is 6.60. The molecule has 158 valence electrons. The van der Waals surface area contributed by atoms with Gasteiger partial charge in [-0.1, -0.05) is 17.7 Å². The van der Waals surface area contributed by atoms with Gasteiger partial charge in [-0.3, -0.25) is 0 Å². The van der Waals surface area contributed by atoms with Gasteiger partial charge in [-0.25, -0.2) is 9.98 Å². The molecule has 11 heteroatoms. The molecule has 0 spiro atoms. The number of rotatable bonds is 7. The molecule has 2 aromatic rings. The Labute approximate surface area is 188 Å². The summed E-state index contributed by atoms with van der Waals surface area (Å²) in [5.41, 5.74) is 1.37. The molecule has 1 aromatic carbocycles. The first-order valence-electron chi connectivity index (χ1n) is 8.55. The standard InChI is InChI=1S/C18H19ClF2N4O3.HI/c1-2-22-18(24-8-11-3-4-16(19)23-7-11)25-9-12-5-14-15(27-10-26-14)6-13(12)28-17(20)21;/h3-7,17H,2,8-10H2,1H3,(H2,22,24,25);1H. The Balaban J connectivity index is 0.00000300. The van der Waals surface area contributed by atoms with E-state index in [-0.39, 0.29) is 43.1 Å². The lowest BCUT2D eigenvalue weighted by Crippen LogP contribution is -2.36. The van der Waals surface area contributed by atoms with Crippen molar-refractivity contribution in [1.82, 2.24) is 15.6 Å². The number of alkyl halides is 2. The fourth-order valence-corrected chi connectivity index (χ4v) is 2.61. The highest BCUT2D eigenvalue weighted by atomic mass is 127. The zero-order chi connectivity index (χ0) is 19.9. The van der Waals surface area contributed by atoms with Gasteiger partial charge in [0.05, 0.1) is 6.54 Å². The van der Waals surface area contributed by atoms with E-state index in [4.69, 9.17) is 21.1 Å². The van der Waals surface area contributed by atoms with Crippen molar-refractivity contribution in [1.29, 1.82) is 0 Å². The van der Waals surface area contributed by atoms with Gasteiger partial charge >= 0.3 is 6.61 Å². The number of hydrogen-bond donors (Lipinski definition) is 2. The van der Waals surface area contributed by atoms with Crippen LogP contribution in [0.4, 0.5) is 8.78 Å². The molecular weight excluding hydrogens is 521 g/mol. The Morgan fingerprint density at radius 1 is 1.28 bits per heavy atom. The molecule has 0 radical (unpaired) electrons. The molecule has 0 bridgehead atoms. The van der Waals surface area contributed by atoms with Crippen molar-refractivity contribution in [3.8, 4) is 17.2 Å². The zero-order valence-electron chi connectivity index (χ0n) is 15.5. The minimum atomic E-state index is -2.95. The monoisotopic (exact) mass is 540 g/mol. The van der Waals surface area contributed by atoms with Gasteiger partial charge in [-0.15, -0.1) is 24.0 Å². The summed E-state index contributed by atoms with van der Waals surface area (Å²) in [5.74, 6) is 1.38. The van der Waals surface area contributed by atoms with Gasteiger partial charge in [0.2, 0.25) is 6.79 Å². The van der Waals surface area contributed by atoms with E-state index in [1.54, 1.807) is 18.3 Å². The number of pyridine rings is 1. The van der Waals surface area contributed by atoms with Crippen LogP contribution in [0.15, 0.2) is 35.5 Å². The summed E-state index contributed by atoms with van der Waals surface area (Å²) in [6.45, 7) is 0.224. The number of hydrogen-bond acceptors (Lipinski definition) is 5. The summed E-state index contributed by atoms with van der Waals surface area (Å²) < 4.78 is 40.6. The summed E-state index contributed by atoms with van der Waals surface area (Å²) in [6, 6.07) is 6.52. The molecule has 0 aliphatic carbocycles. The number of halogens is 4. The van der Waals surface area contributed by atoms with Gasteiger partial charge in [-0.05, 0) is 24.6 Å². The second-order valence-corrected chi connectivity index (χ2v) is 6.12. The first-order valence-corrected chi connectivity index (χ1v) is 8.93. The Bertz CT molecular complexity index is 841. The van der Waals surface area contributed by atoms with E-state index < -0.39 is 6.61 Å². The van der Waals surface area contributed by atoms with E-state index in [1.165, 1.54) is 6.07 Å². The van der Waals surface area contributed by atoms with Gasteiger partial charge in [0.1, 0.15) is 10.9 Å². The highest BCUT2D eigenvalue weighted by Crippen LogP contribution is 2.38. The molecule has 0 unspecified atom stereocenters. The van der Waals surface area contributed by atoms with Crippen LogP contribution < -0.4 is 24.8 Å². The van der Waals surface area contributed by atoms with Crippen LogP contribution in [-0.4, -0.2) is 30.9 Å². The Morgan fingerprint density at radius 2 is 2.03 bits per heavy atom. The largest absolute Gasteiger partial charge is 0.454 e. The molecule has 7 nitrogen and oxygen atoms in total. The molecule has 0 atom stereocenters.